The van der Waals surface area contributed by atoms with Gasteiger partial charge in [-0.1, -0.05) is 44.8 Å². The lowest BCUT2D eigenvalue weighted by molar-refractivity contribution is -0.147. The molecule has 1 atom stereocenters. The number of hydrogen-bond acceptors (Lipinski definition) is 6. The molecule has 1 aliphatic rings. The highest BCUT2D eigenvalue weighted by Gasteiger charge is 2.20. The molecule has 1 fully saturated rings. The molecule has 0 aromatic carbocycles. The van der Waals surface area contributed by atoms with E-state index in [-0.39, 0.29) is 13.0 Å². The molecule has 0 aliphatic heterocycles. The van der Waals surface area contributed by atoms with Gasteiger partial charge >= 0.3 is 5.97 Å². The fourth-order valence-electron chi connectivity index (χ4n) is 2.82. The molecule has 0 saturated heterocycles. The molecule has 6 nitrogen and oxygen atoms in total. The van der Waals surface area contributed by atoms with Gasteiger partial charge in [-0.2, -0.15) is 0 Å². The van der Waals surface area contributed by atoms with Crippen LogP contribution >= 0.6 is 0 Å². The van der Waals surface area contributed by atoms with Crippen molar-refractivity contribution in [1.82, 2.24) is 5.32 Å². The molecule has 140 valence electrons. The maximum Gasteiger partial charge on any atom is 0.306 e. The smallest absolute Gasteiger partial charge is 0.306 e. The number of ether oxygens (including phenoxy) is 1. The van der Waals surface area contributed by atoms with Crippen molar-refractivity contribution in [3.05, 3.63) is 12.2 Å². The van der Waals surface area contributed by atoms with Crippen molar-refractivity contribution in [2.24, 2.45) is 0 Å². The summed E-state index contributed by atoms with van der Waals surface area (Å²) < 4.78 is 38.3. The third kappa shape index (κ3) is 10.8. The lowest BCUT2D eigenvalue weighted by atomic mass is 9.95. The molecule has 24 heavy (non-hydrogen) atoms. The molecule has 7 heteroatoms. The van der Waals surface area contributed by atoms with Crippen molar-refractivity contribution in [2.75, 3.05) is 12.3 Å². The molecular formula is C17H30NO5S-. The molecule has 1 aliphatic carbocycles. The van der Waals surface area contributed by atoms with Crippen LogP contribution in [0.3, 0.4) is 0 Å². The second-order valence-corrected chi connectivity index (χ2v) is 7.83. The molecule has 0 amide bonds. The predicted molar refractivity (Wildman–Crippen MR) is 92.6 cm³/mol. The van der Waals surface area contributed by atoms with Gasteiger partial charge in [-0.05, 0) is 25.7 Å². The van der Waals surface area contributed by atoms with Gasteiger partial charge in [0.2, 0.25) is 0 Å². The van der Waals surface area contributed by atoms with Crippen molar-refractivity contribution < 1.29 is 22.5 Å². The highest BCUT2D eigenvalue weighted by molar-refractivity contribution is 7.85. The Labute approximate surface area is 145 Å². The Hall–Kier alpha value is -0.920. The molecule has 1 unspecified atom stereocenters. The van der Waals surface area contributed by atoms with Gasteiger partial charge in [0.15, 0.2) is 0 Å². The van der Waals surface area contributed by atoms with Crippen LogP contribution in [0.25, 0.3) is 0 Å². The van der Waals surface area contributed by atoms with E-state index < -0.39 is 27.9 Å². The summed E-state index contributed by atoms with van der Waals surface area (Å²) in [6.07, 6.45) is 11.4. The van der Waals surface area contributed by atoms with Crippen molar-refractivity contribution in [2.45, 2.75) is 76.9 Å². The van der Waals surface area contributed by atoms with Crippen LogP contribution in [0.15, 0.2) is 12.2 Å². The minimum atomic E-state index is -4.44. The van der Waals surface area contributed by atoms with E-state index >= 15 is 0 Å². The highest BCUT2D eigenvalue weighted by Crippen LogP contribution is 2.17. The van der Waals surface area contributed by atoms with Crippen LogP contribution in [0.2, 0.25) is 0 Å². The van der Waals surface area contributed by atoms with E-state index in [0.717, 1.165) is 38.5 Å². The van der Waals surface area contributed by atoms with Crippen LogP contribution in [0.5, 0.6) is 0 Å². The zero-order valence-corrected chi connectivity index (χ0v) is 15.4. The quantitative estimate of drug-likeness (QED) is 0.345. The number of nitrogens with one attached hydrogen (secondary N) is 1. The number of unbranched alkanes of at least 4 members (excludes halogenated alkanes) is 1. The van der Waals surface area contributed by atoms with E-state index in [2.05, 4.69) is 12.2 Å². The normalized spacial score (nSPS) is 17.9. The summed E-state index contributed by atoms with van der Waals surface area (Å²) in [6.45, 7) is 2.29. The molecule has 1 N–H and O–H groups in total. The van der Waals surface area contributed by atoms with Crippen molar-refractivity contribution >= 4 is 16.1 Å². The lowest BCUT2D eigenvalue weighted by Crippen LogP contribution is -2.41. The van der Waals surface area contributed by atoms with Crippen LogP contribution in [0.1, 0.15) is 64.7 Å². The van der Waals surface area contributed by atoms with Crippen molar-refractivity contribution in [1.29, 1.82) is 0 Å². The average molecular weight is 360 g/mol. The average Bonchev–Trinajstić information content (AvgIpc) is 2.52. The summed E-state index contributed by atoms with van der Waals surface area (Å²) >= 11 is 0. The summed E-state index contributed by atoms with van der Waals surface area (Å²) in [4.78, 5) is 11.8. The molecule has 0 bridgehead atoms. The molecule has 0 spiro atoms. The van der Waals surface area contributed by atoms with Crippen molar-refractivity contribution in [3.8, 4) is 0 Å². The van der Waals surface area contributed by atoms with Gasteiger partial charge in [0.05, 0.1) is 15.9 Å². The Morgan fingerprint density at radius 3 is 2.54 bits per heavy atom. The topological polar surface area (TPSA) is 95.5 Å². The summed E-state index contributed by atoms with van der Waals surface area (Å²) in [7, 11) is -4.44. The van der Waals surface area contributed by atoms with E-state index in [1.54, 1.807) is 0 Å². The van der Waals surface area contributed by atoms with E-state index in [1.165, 1.54) is 6.42 Å². The number of esters is 1. The summed E-state index contributed by atoms with van der Waals surface area (Å²) in [6, 6.07) is 0.311. The molecule has 0 heterocycles. The maximum atomic E-state index is 11.8. The fourth-order valence-corrected chi connectivity index (χ4v) is 3.46. The van der Waals surface area contributed by atoms with E-state index in [0.29, 0.717) is 12.5 Å². The first-order chi connectivity index (χ1) is 11.4. The zero-order chi connectivity index (χ0) is 17.8. The van der Waals surface area contributed by atoms with E-state index in [1.807, 2.05) is 12.2 Å². The van der Waals surface area contributed by atoms with Gasteiger partial charge in [-0.25, -0.2) is 8.42 Å². The third-order valence-corrected chi connectivity index (χ3v) is 4.84. The number of carbonyl (C=O) groups excluding carboxylic acids is 1. The molecule has 0 aromatic heterocycles. The number of hydrogen-bond donors (Lipinski definition) is 1. The largest absolute Gasteiger partial charge is 0.748 e. The Morgan fingerprint density at radius 2 is 1.92 bits per heavy atom. The minimum absolute atomic E-state index is 0.193. The second-order valence-electron chi connectivity index (χ2n) is 6.38. The van der Waals surface area contributed by atoms with Gasteiger partial charge in [-0.15, -0.1) is 0 Å². The number of allylic oxidation sites excluding steroid dienone is 2. The van der Waals surface area contributed by atoms with Gasteiger partial charge in [-0.3, -0.25) is 4.79 Å². The number of rotatable bonds is 11. The first kappa shape index (κ1) is 21.1. The monoisotopic (exact) mass is 360 g/mol. The van der Waals surface area contributed by atoms with E-state index in [4.69, 9.17) is 4.74 Å². The highest BCUT2D eigenvalue weighted by atomic mass is 32.2. The van der Waals surface area contributed by atoms with Gasteiger partial charge in [0.1, 0.15) is 6.10 Å². The lowest BCUT2D eigenvalue weighted by Gasteiger charge is -2.26. The van der Waals surface area contributed by atoms with Crippen molar-refractivity contribution in [3.63, 3.8) is 0 Å². The first-order valence-electron chi connectivity index (χ1n) is 8.92. The Kier molecular flexibility index (Phi) is 10.2. The number of carbonyl (C=O) groups is 1. The summed E-state index contributed by atoms with van der Waals surface area (Å²) in [5, 5.41) is 3.24. The fraction of sp³-hybridized carbons (Fsp3) is 0.824. The Morgan fingerprint density at radius 1 is 1.25 bits per heavy atom. The maximum absolute atomic E-state index is 11.8. The summed E-state index contributed by atoms with van der Waals surface area (Å²) in [5.41, 5.74) is 0. The van der Waals surface area contributed by atoms with Crippen LogP contribution in [0, 0.1) is 0 Å². The Bertz CT molecular complexity index is 483. The molecule has 1 saturated carbocycles. The standard InChI is InChI=1S/C17H31NO5S/c1-2-3-4-5-9-12-17(19)23-16(14-24(20,21)22)13-18-15-10-7-6-8-11-15/h4-5,15-16,18H,2-3,6-14H2,1H3,(H,20,21,22)/p-1/b5-4-. The van der Waals surface area contributed by atoms with Gasteiger partial charge < -0.3 is 14.6 Å². The van der Waals surface area contributed by atoms with Crippen LogP contribution < -0.4 is 5.32 Å². The van der Waals surface area contributed by atoms with Gasteiger partial charge in [0, 0.05) is 19.0 Å². The molecular weight excluding hydrogens is 330 g/mol. The van der Waals surface area contributed by atoms with E-state index in [9.17, 15) is 17.8 Å². The predicted octanol–water partition coefficient (Wildman–Crippen LogP) is 2.50. The van der Waals surface area contributed by atoms with Crippen LogP contribution in [-0.2, 0) is 19.6 Å². The summed E-state index contributed by atoms with van der Waals surface area (Å²) in [5.74, 6) is -1.14. The molecule has 0 radical (unpaired) electrons. The van der Waals surface area contributed by atoms with Crippen LogP contribution in [0.4, 0.5) is 0 Å². The van der Waals surface area contributed by atoms with Gasteiger partial charge in [0.25, 0.3) is 0 Å². The SMILES string of the molecule is CCC/C=C\CCC(=O)OC(CNC1CCCCC1)CS(=O)(=O)[O-]. The molecule has 1 rings (SSSR count). The first-order valence-corrected chi connectivity index (χ1v) is 10.5. The molecule has 0 aromatic rings. The third-order valence-electron chi connectivity index (χ3n) is 4.06. The zero-order valence-electron chi connectivity index (χ0n) is 14.5. The second kappa shape index (κ2) is 11.6. The Balaban J connectivity index is 2.41. The minimum Gasteiger partial charge on any atom is -0.748 e. The van der Waals surface area contributed by atoms with Crippen LogP contribution in [-0.4, -0.2) is 43.4 Å².